The van der Waals surface area contributed by atoms with Crippen molar-refractivity contribution in [1.29, 1.82) is 0 Å². The number of benzene rings is 2. The minimum absolute atomic E-state index is 0.354. The first-order valence-corrected chi connectivity index (χ1v) is 10.1. The molecule has 2 aromatic carbocycles. The fourth-order valence-corrected chi connectivity index (χ4v) is 5.22. The van der Waals surface area contributed by atoms with Gasteiger partial charge in [0.1, 0.15) is 0 Å². The molecular weight excluding hydrogens is 334 g/mol. The quantitative estimate of drug-likeness (QED) is 0.845. The first-order chi connectivity index (χ1) is 12.1. The highest BCUT2D eigenvalue weighted by molar-refractivity contribution is 7.92. The Morgan fingerprint density at radius 3 is 2.20 bits per heavy atom. The molecule has 0 N–H and O–H groups in total. The molecule has 0 aromatic heterocycles. The smallest absolute Gasteiger partial charge is 0.264 e. The summed E-state index contributed by atoms with van der Waals surface area (Å²) in [6, 6.07) is 14.7. The van der Waals surface area contributed by atoms with Crippen LogP contribution < -0.4 is 9.21 Å². The fraction of sp³-hybridized carbons (Fsp3) is 0.368. The van der Waals surface area contributed by atoms with Gasteiger partial charge in [-0.15, -0.1) is 0 Å². The molecule has 1 fully saturated rings. The predicted octanol–water partition coefficient (Wildman–Crippen LogP) is 2.19. The SMILES string of the molecule is CN1CCN(c2cccc3c2CCN3S(=O)(=O)c2ccccc2)CC1. The maximum atomic E-state index is 13.0. The molecule has 0 aliphatic carbocycles. The molecule has 5 nitrogen and oxygen atoms in total. The van der Waals surface area contributed by atoms with E-state index < -0.39 is 10.0 Å². The van der Waals surface area contributed by atoms with Gasteiger partial charge in [0.25, 0.3) is 10.0 Å². The lowest BCUT2D eigenvalue weighted by atomic mass is 10.1. The van der Waals surface area contributed by atoms with Crippen molar-refractivity contribution < 1.29 is 8.42 Å². The average Bonchev–Trinajstić information content (AvgIpc) is 3.08. The Morgan fingerprint density at radius 2 is 1.48 bits per heavy atom. The number of fused-ring (bicyclic) bond motifs is 1. The fourth-order valence-electron chi connectivity index (χ4n) is 3.70. The van der Waals surface area contributed by atoms with Crippen molar-refractivity contribution in [2.24, 2.45) is 0 Å². The normalized spacial score (nSPS) is 18.4. The van der Waals surface area contributed by atoms with Gasteiger partial charge >= 0.3 is 0 Å². The molecule has 2 aromatic rings. The maximum absolute atomic E-state index is 13.0. The summed E-state index contributed by atoms with van der Waals surface area (Å²) in [6.07, 6.45) is 0.768. The van der Waals surface area contributed by atoms with Gasteiger partial charge in [-0.2, -0.15) is 0 Å². The van der Waals surface area contributed by atoms with Gasteiger partial charge in [0, 0.05) is 44.0 Å². The third-order valence-electron chi connectivity index (χ3n) is 5.14. The molecule has 25 heavy (non-hydrogen) atoms. The van der Waals surface area contributed by atoms with Crippen LogP contribution in [0.1, 0.15) is 5.56 Å². The van der Waals surface area contributed by atoms with E-state index >= 15 is 0 Å². The molecule has 0 radical (unpaired) electrons. The molecule has 2 heterocycles. The van der Waals surface area contributed by atoms with E-state index in [2.05, 4.69) is 22.9 Å². The molecule has 0 bridgehead atoms. The van der Waals surface area contributed by atoms with Crippen molar-refractivity contribution in [3.8, 4) is 0 Å². The maximum Gasteiger partial charge on any atom is 0.264 e. The Hall–Kier alpha value is -2.05. The van der Waals surface area contributed by atoms with Crippen molar-refractivity contribution in [1.82, 2.24) is 4.90 Å². The molecule has 4 rings (SSSR count). The molecule has 0 atom stereocenters. The van der Waals surface area contributed by atoms with Gasteiger partial charge in [0.15, 0.2) is 0 Å². The van der Waals surface area contributed by atoms with Crippen LogP contribution in [-0.4, -0.2) is 53.1 Å². The average molecular weight is 357 g/mol. The van der Waals surface area contributed by atoms with E-state index in [1.54, 1.807) is 28.6 Å². The number of anilines is 2. The Morgan fingerprint density at radius 1 is 0.800 bits per heavy atom. The number of hydrogen-bond acceptors (Lipinski definition) is 4. The minimum atomic E-state index is -3.50. The van der Waals surface area contributed by atoms with Crippen LogP contribution in [0.25, 0.3) is 0 Å². The molecule has 1 saturated heterocycles. The van der Waals surface area contributed by atoms with E-state index in [-0.39, 0.29) is 0 Å². The molecule has 0 spiro atoms. The number of piperazine rings is 1. The highest BCUT2D eigenvalue weighted by Crippen LogP contribution is 2.38. The molecule has 0 amide bonds. The Kier molecular flexibility index (Phi) is 4.17. The van der Waals surface area contributed by atoms with Crippen molar-refractivity contribution in [3.05, 3.63) is 54.1 Å². The number of hydrogen-bond donors (Lipinski definition) is 0. The van der Waals surface area contributed by atoms with E-state index in [0.29, 0.717) is 11.4 Å². The number of sulfonamides is 1. The van der Waals surface area contributed by atoms with Crippen molar-refractivity contribution in [2.45, 2.75) is 11.3 Å². The minimum Gasteiger partial charge on any atom is -0.369 e. The molecule has 0 saturated carbocycles. The van der Waals surface area contributed by atoms with Crippen LogP contribution >= 0.6 is 0 Å². The standard InChI is InChI=1S/C19H23N3O2S/c1-20-12-14-21(15-13-20)18-8-5-9-19-17(18)10-11-22(19)25(23,24)16-6-3-2-4-7-16/h2-9H,10-15H2,1H3. The van der Waals surface area contributed by atoms with Crippen LogP contribution in [0.5, 0.6) is 0 Å². The number of nitrogens with zero attached hydrogens (tertiary/aromatic N) is 3. The van der Waals surface area contributed by atoms with Crippen LogP contribution in [-0.2, 0) is 16.4 Å². The van der Waals surface area contributed by atoms with Gasteiger partial charge in [0.2, 0.25) is 0 Å². The van der Waals surface area contributed by atoms with Crippen molar-refractivity contribution >= 4 is 21.4 Å². The molecule has 0 unspecified atom stereocenters. The summed E-state index contributed by atoms with van der Waals surface area (Å²) < 4.78 is 27.6. The van der Waals surface area contributed by atoms with Crippen LogP contribution in [0.3, 0.4) is 0 Å². The van der Waals surface area contributed by atoms with E-state index in [0.717, 1.165) is 43.9 Å². The summed E-state index contributed by atoms with van der Waals surface area (Å²) in [6.45, 7) is 4.56. The largest absolute Gasteiger partial charge is 0.369 e. The summed E-state index contributed by atoms with van der Waals surface area (Å²) in [5.74, 6) is 0. The van der Waals surface area contributed by atoms with Crippen LogP contribution in [0, 0.1) is 0 Å². The molecular formula is C19H23N3O2S. The van der Waals surface area contributed by atoms with Gasteiger partial charge in [0.05, 0.1) is 10.6 Å². The topological polar surface area (TPSA) is 43.9 Å². The highest BCUT2D eigenvalue weighted by atomic mass is 32.2. The third-order valence-corrected chi connectivity index (χ3v) is 6.96. The number of rotatable bonds is 3. The van der Waals surface area contributed by atoms with E-state index in [1.165, 1.54) is 5.69 Å². The first kappa shape index (κ1) is 16.4. The monoisotopic (exact) mass is 357 g/mol. The lowest BCUT2D eigenvalue weighted by molar-refractivity contribution is 0.312. The zero-order valence-corrected chi connectivity index (χ0v) is 15.2. The molecule has 2 aliphatic heterocycles. The van der Waals surface area contributed by atoms with Gasteiger partial charge in [-0.25, -0.2) is 8.42 Å². The second-order valence-electron chi connectivity index (χ2n) is 6.71. The predicted molar refractivity (Wildman–Crippen MR) is 101 cm³/mol. The van der Waals surface area contributed by atoms with E-state index in [1.807, 2.05) is 18.2 Å². The zero-order chi connectivity index (χ0) is 17.4. The zero-order valence-electron chi connectivity index (χ0n) is 14.4. The third kappa shape index (κ3) is 2.89. The van der Waals surface area contributed by atoms with Crippen molar-refractivity contribution in [3.63, 3.8) is 0 Å². The lowest BCUT2D eigenvalue weighted by Gasteiger charge is -2.35. The second kappa shape index (κ2) is 6.35. The van der Waals surface area contributed by atoms with Gasteiger partial charge < -0.3 is 9.80 Å². The number of likely N-dealkylation sites (N-methyl/N-ethyl adjacent to an activating group) is 1. The van der Waals surface area contributed by atoms with Gasteiger partial charge in [-0.1, -0.05) is 24.3 Å². The first-order valence-electron chi connectivity index (χ1n) is 8.70. The summed E-state index contributed by atoms with van der Waals surface area (Å²) in [5.41, 5.74) is 3.18. The van der Waals surface area contributed by atoms with Gasteiger partial charge in [-0.05, 0) is 37.7 Å². The van der Waals surface area contributed by atoms with E-state index in [4.69, 9.17) is 0 Å². The van der Waals surface area contributed by atoms with E-state index in [9.17, 15) is 8.42 Å². The second-order valence-corrected chi connectivity index (χ2v) is 8.57. The highest BCUT2D eigenvalue weighted by Gasteiger charge is 2.33. The Bertz CT molecular complexity index is 859. The lowest BCUT2D eigenvalue weighted by Crippen LogP contribution is -2.44. The van der Waals surface area contributed by atoms with Crippen LogP contribution in [0.4, 0.5) is 11.4 Å². The summed E-state index contributed by atoms with van der Waals surface area (Å²) in [5, 5.41) is 0. The van der Waals surface area contributed by atoms with Crippen LogP contribution in [0.2, 0.25) is 0 Å². The summed E-state index contributed by atoms with van der Waals surface area (Å²) in [7, 11) is -1.36. The Labute approximate surface area is 149 Å². The summed E-state index contributed by atoms with van der Waals surface area (Å²) >= 11 is 0. The van der Waals surface area contributed by atoms with Crippen LogP contribution in [0.15, 0.2) is 53.4 Å². The van der Waals surface area contributed by atoms with Gasteiger partial charge in [-0.3, -0.25) is 4.31 Å². The summed E-state index contributed by atoms with van der Waals surface area (Å²) in [4.78, 5) is 5.07. The molecule has 6 heteroatoms. The molecule has 132 valence electrons. The Balaban J connectivity index is 1.69. The molecule has 2 aliphatic rings. The van der Waals surface area contributed by atoms with Crippen molar-refractivity contribution in [2.75, 3.05) is 49.0 Å².